The maximum Gasteiger partial charge on any atom is 0.325 e. The van der Waals surface area contributed by atoms with Crippen LogP contribution in [0.1, 0.15) is 32.8 Å². The van der Waals surface area contributed by atoms with Crippen LogP contribution in [0.25, 0.3) is 0 Å². The van der Waals surface area contributed by atoms with Crippen molar-refractivity contribution in [2.45, 2.75) is 57.8 Å². The van der Waals surface area contributed by atoms with E-state index in [1.54, 1.807) is 37.3 Å². The lowest BCUT2D eigenvalue weighted by Gasteiger charge is -2.25. The van der Waals surface area contributed by atoms with Gasteiger partial charge in [-0.3, -0.25) is 19.2 Å². The summed E-state index contributed by atoms with van der Waals surface area (Å²) in [6.45, 7) is 4.27. The zero-order valence-corrected chi connectivity index (χ0v) is 18.0. The average molecular weight is 437 g/mol. The molecule has 10 heteroatoms. The molecule has 5 atom stereocenters. The third-order valence-electron chi connectivity index (χ3n) is 5.02. The fourth-order valence-corrected chi connectivity index (χ4v) is 2.68. The van der Waals surface area contributed by atoms with Crippen LogP contribution in [-0.4, -0.2) is 64.7 Å². The Kier molecular flexibility index (Phi) is 10.6. The summed E-state index contributed by atoms with van der Waals surface area (Å²) in [5.74, 6) is -3.43. The van der Waals surface area contributed by atoms with Gasteiger partial charge in [0.15, 0.2) is 0 Å². The molecule has 31 heavy (non-hydrogen) atoms. The van der Waals surface area contributed by atoms with Gasteiger partial charge in [-0.1, -0.05) is 50.6 Å². The topological polar surface area (TPSA) is 171 Å². The first-order valence-electron chi connectivity index (χ1n) is 10.1. The molecule has 5 unspecified atom stereocenters. The number of carboxylic acid groups (broad SMARTS) is 1. The first kappa shape index (κ1) is 26.1. The zero-order chi connectivity index (χ0) is 23.6. The maximum absolute atomic E-state index is 12.7. The molecule has 0 aliphatic carbocycles. The molecular weight excluding hydrogens is 404 g/mol. The van der Waals surface area contributed by atoms with Crippen molar-refractivity contribution in [3.63, 3.8) is 0 Å². The minimum Gasteiger partial charge on any atom is -0.480 e. The summed E-state index contributed by atoms with van der Waals surface area (Å²) >= 11 is 0. The van der Waals surface area contributed by atoms with Crippen molar-refractivity contribution in [2.24, 2.45) is 11.7 Å². The Morgan fingerprint density at radius 3 is 2.00 bits per heavy atom. The van der Waals surface area contributed by atoms with E-state index in [0.29, 0.717) is 6.42 Å². The van der Waals surface area contributed by atoms with Crippen LogP contribution >= 0.6 is 0 Å². The number of carbonyl (C=O) groups is 4. The van der Waals surface area contributed by atoms with E-state index in [0.717, 1.165) is 5.56 Å². The fraction of sp³-hybridized carbons (Fsp3) is 0.524. The standard InChI is InChI=1S/C21H32N4O6/c1-4-12(2)17(22)20(29)25-16(11-26)19(28)24-15(10-14-8-6-5-7-9-14)18(27)23-13(3)21(30)31/h5-9,12-13,15-17,26H,4,10-11,22H2,1-3H3,(H,23,27)(H,24,28)(H,25,29)(H,30,31). The fourth-order valence-electron chi connectivity index (χ4n) is 2.68. The minimum absolute atomic E-state index is 0.0865. The lowest BCUT2D eigenvalue weighted by Crippen LogP contribution is -2.58. The van der Waals surface area contributed by atoms with Gasteiger partial charge in [0.25, 0.3) is 0 Å². The second kappa shape index (κ2) is 12.7. The molecule has 1 rings (SSSR count). The Morgan fingerprint density at radius 2 is 1.48 bits per heavy atom. The van der Waals surface area contributed by atoms with Crippen molar-refractivity contribution in [1.82, 2.24) is 16.0 Å². The molecule has 0 aliphatic rings. The summed E-state index contributed by atoms with van der Waals surface area (Å²) in [6, 6.07) is 4.37. The van der Waals surface area contributed by atoms with Crippen LogP contribution in [0.5, 0.6) is 0 Å². The molecule has 0 aromatic heterocycles. The Labute approximate surface area is 181 Å². The van der Waals surface area contributed by atoms with Gasteiger partial charge in [0.2, 0.25) is 17.7 Å². The molecule has 10 nitrogen and oxygen atoms in total. The first-order valence-corrected chi connectivity index (χ1v) is 10.1. The SMILES string of the molecule is CCC(C)C(N)C(=O)NC(CO)C(=O)NC(Cc1ccccc1)C(=O)NC(C)C(=O)O. The molecule has 0 aliphatic heterocycles. The molecular formula is C21H32N4O6. The highest BCUT2D eigenvalue weighted by molar-refractivity contribution is 5.94. The number of benzene rings is 1. The second-order valence-corrected chi connectivity index (χ2v) is 7.47. The number of aliphatic hydroxyl groups is 1. The van der Waals surface area contributed by atoms with Crippen LogP contribution in [-0.2, 0) is 25.6 Å². The molecule has 0 saturated carbocycles. The van der Waals surface area contributed by atoms with Gasteiger partial charge in [-0.05, 0) is 18.4 Å². The van der Waals surface area contributed by atoms with Gasteiger partial charge in [-0.2, -0.15) is 0 Å². The molecule has 1 aromatic rings. The van der Waals surface area contributed by atoms with Crippen LogP contribution in [0.3, 0.4) is 0 Å². The van der Waals surface area contributed by atoms with Gasteiger partial charge in [0.1, 0.15) is 18.1 Å². The number of hydrogen-bond donors (Lipinski definition) is 6. The normalized spacial score (nSPS) is 15.6. The molecule has 1 aromatic carbocycles. The molecule has 0 fully saturated rings. The molecule has 0 radical (unpaired) electrons. The van der Waals surface area contributed by atoms with E-state index >= 15 is 0 Å². The number of aliphatic carboxylic acids is 1. The molecule has 0 saturated heterocycles. The van der Waals surface area contributed by atoms with Crippen LogP contribution in [0, 0.1) is 5.92 Å². The molecule has 0 spiro atoms. The Bertz CT molecular complexity index is 757. The number of nitrogens with one attached hydrogen (secondary N) is 3. The molecule has 0 heterocycles. The van der Waals surface area contributed by atoms with E-state index in [9.17, 15) is 24.3 Å². The summed E-state index contributed by atoms with van der Waals surface area (Å²) in [4.78, 5) is 48.6. The summed E-state index contributed by atoms with van der Waals surface area (Å²) < 4.78 is 0. The number of aliphatic hydroxyl groups excluding tert-OH is 1. The predicted octanol–water partition coefficient (Wildman–Crippen LogP) is -0.846. The van der Waals surface area contributed by atoms with E-state index < -0.39 is 54.5 Å². The summed E-state index contributed by atoms with van der Waals surface area (Å²) in [6.07, 6.45) is 0.745. The third-order valence-corrected chi connectivity index (χ3v) is 5.02. The highest BCUT2D eigenvalue weighted by atomic mass is 16.4. The largest absolute Gasteiger partial charge is 0.480 e. The summed E-state index contributed by atoms with van der Waals surface area (Å²) in [5, 5.41) is 25.8. The van der Waals surface area contributed by atoms with E-state index in [4.69, 9.17) is 10.8 Å². The maximum atomic E-state index is 12.7. The van der Waals surface area contributed by atoms with Crippen molar-refractivity contribution in [3.8, 4) is 0 Å². The van der Waals surface area contributed by atoms with Crippen LogP contribution in [0.4, 0.5) is 0 Å². The summed E-state index contributed by atoms with van der Waals surface area (Å²) in [5.41, 5.74) is 6.59. The zero-order valence-electron chi connectivity index (χ0n) is 18.0. The molecule has 0 bridgehead atoms. The van der Waals surface area contributed by atoms with Crippen molar-refractivity contribution >= 4 is 23.7 Å². The Morgan fingerprint density at radius 1 is 0.935 bits per heavy atom. The van der Waals surface area contributed by atoms with Gasteiger partial charge >= 0.3 is 5.97 Å². The number of amides is 3. The Balaban J connectivity index is 2.94. The molecule has 3 amide bonds. The lowest BCUT2D eigenvalue weighted by atomic mass is 9.99. The van der Waals surface area contributed by atoms with Crippen LogP contribution in [0.15, 0.2) is 30.3 Å². The number of carboxylic acids is 1. The monoisotopic (exact) mass is 436 g/mol. The highest BCUT2D eigenvalue weighted by Gasteiger charge is 2.30. The quantitative estimate of drug-likeness (QED) is 0.248. The van der Waals surface area contributed by atoms with Crippen molar-refractivity contribution < 1.29 is 29.4 Å². The third kappa shape index (κ3) is 8.35. The van der Waals surface area contributed by atoms with E-state index in [2.05, 4.69) is 16.0 Å². The number of hydrogen-bond acceptors (Lipinski definition) is 6. The minimum atomic E-state index is -1.31. The number of carbonyl (C=O) groups excluding carboxylic acids is 3. The van der Waals surface area contributed by atoms with Crippen LogP contribution < -0.4 is 21.7 Å². The van der Waals surface area contributed by atoms with Gasteiger partial charge < -0.3 is 31.9 Å². The van der Waals surface area contributed by atoms with Gasteiger partial charge in [-0.15, -0.1) is 0 Å². The Hall–Kier alpha value is -2.98. The van der Waals surface area contributed by atoms with Crippen molar-refractivity contribution in [1.29, 1.82) is 0 Å². The average Bonchev–Trinajstić information content (AvgIpc) is 2.75. The van der Waals surface area contributed by atoms with Gasteiger partial charge in [0, 0.05) is 6.42 Å². The highest BCUT2D eigenvalue weighted by Crippen LogP contribution is 2.07. The van der Waals surface area contributed by atoms with Crippen molar-refractivity contribution in [3.05, 3.63) is 35.9 Å². The van der Waals surface area contributed by atoms with Gasteiger partial charge in [-0.25, -0.2) is 0 Å². The van der Waals surface area contributed by atoms with Crippen LogP contribution in [0.2, 0.25) is 0 Å². The lowest BCUT2D eigenvalue weighted by molar-refractivity contribution is -0.141. The second-order valence-electron chi connectivity index (χ2n) is 7.47. The van der Waals surface area contributed by atoms with Crippen molar-refractivity contribution in [2.75, 3.05) is 6.61 Å². The molecule has 172 valence electrons. The predicted molar refractivity (Wildman–Crippen MR) is 114 cm³/mol. The van der Waals surface area contributed by atoms with Gasteiger partial charge in [0.05, 0.1) is 12.6 Å². The number of rotatable bonds is 12. The van der Waals surface area contributed by atoms with E-state index in [-0.39, 0.29) is 12.3 Å². The molecule has 7 N–H and O–H groups in total. The first-order chi connectivity index (χ1) is 14.6. The van der Waals surface area contributed by atoms with E-state index in [1.807, 2.05) is 6.92 Å². The number of nitrogens with two attached hydrogens (primary N) is 1. The smallest absolute Gasteiger partial charge is 0.325 e. The summed E-state index contributed by atoms with van der Waals surface area (Å²) in [7, 11) is 0. The van der Waals surface area contributed by atoms with E-state index in [1.165, 1.54) is 6.92 Å².